The summed E-state index contributed by atoms with van der Waals surface area (Å²) in [4.78, 5) is 4.87. The number of rotatable bonds is 3. The number of benzene rings is 4. The molecule has 0 fully saturated rings. The Bertz CT molecular complexity index is 1730. The van der Waals surface area contributed by atoms with Crippen LogP contribution in [-0.4, -0.2) is 58.3 Å². The molecule has 4 aliphatic heterocycles. The third kappa shape index (κ3) is 5.38. The van der Waals surface area contributed by atoms with Crippen molar-refractivity contribution in [2.24, 2.45) is 0 Å². The second-order valence-corrected chi connectivity index (χ2v) is 12.5. The van der Waals surface area contributed by atoms with Gasteiger partial charge >= 0.3 is 0 Å². The quantitative estimate of drug-likeness (QED) is 0.240. The Morgan fingerprint density at radius 2 is 1.27 bits per heavy atom. The summed E-state index contributed by atoms with van der Waals surface area (Å²) in [6, 6.07) is 21.6. The highest BCUT2D eigenvalue weighted by Crippen LogP contribution is 2.48. The SMILES string of the molecule is COc1ccc2cc1Oc1ccc(cc1)CC1c3cc(c(OC)cc3CCN1C)Oc1c(C)c(OC)cc3c1[C@H](C2)N(C)CC3. The molecule has 0 spiro atoms. The zero-order valence-electron chi connectivity index (χ0n) is 27.1. The van der Waals surface area contributed by atoms with E-state index in [1.165, 1.54) is 27.8 Å². The van der Waals surface area contributed by atoms with Crippen molar-refractivity contribution in [1.82, 2.24) is 9.80 Å². The largest absolute Gasteiger partial charge is 0.496 e. The van der Waals surface area contributed by atoms with Gasteiger partial charge in [-0.3, -0.25) is 9.80 Å². The molecule has 4 heterocycles. The lowest BCUT2D eigenvalue weighted by Gasteiger charge is -2.37. The number of ether oxygens (including phenoxy) is 5. The summed E-state index contributed by atoms with van der Waals surface area (Å²) in [6.45, 7) is 4.01. The van der Waals surface area contributed by atoms with Crippen LogP contribution < -0.4 is 23.7 Å². The lowest BCUT2D eigenvalue weighted by Crippen LogP contribution is -2.34. The Hall–Kier alpha value is -4.20. The third-order valence-electron chi connectivity index (χ3n) is 9.92. The molecular weight excluding hydrogens is 564 g/mol. The minimum absolute atomic E-state index is 0.0790. The van der Waals surface area contributed by atoms with E-state index in [1.54, 1.807) is 21.3 Å². The number of fused-ring (bicyclic) bond motifs is 2. The molecule has 234 valence electrons. The van der Waals surface area contributed by atoms with Crippen LogP contribution in [-0.2, 0) is 25.7 Å². The molecule has 4 aliphatic rings. The molecule has 0 N–H and O–H groups in total. The van der Waals surface area contributed by atoms with Crippen molar-refractivity contribution in [3.05, 3.63) is 99.6 Å². The van der Waals surface area contributed by atoms with Gasteiger partial charge < -0.3 is 23.7 Å². The van der Waals surface area contributed by atoms with Crippen molar-refractivity contribution < 1.29 is 23.7 Å². The van der Waals surface area contributed by atoms with Gasteiger partial charge in [0, 0.05) is 36.3 Å². The van der Waals surface area contributed by atoms with E-state index < -0.39 is 0 Å². The summed E-state index contributed by atoms with van der Waals surface area (Å²) < 4.78 is 31.1. The van der Waals surface area contributed by atoms with Gasteiger partial charge in [-0.25, -0.2) is 0 Å². The topological polar surface area (TPSA) is 52.6 Å². The number of hydrogen-bond acceptors (Lipinski definition) is 7. The van der Waals surface area contributed by atoms with Gasteiger partial charge in [-0.05, 0) is 117 Å². The Balaban J connectivity index is 1.45. The molecule has 4 aromatic rings. The molecule has 2 atom stereocenters. The number of nitrogens with zero attached hydrogens (tertiary/aromatic N) is 2. The number of methoxy groups -OCH3 is 3. The molecule has 7 nitrogen and oxygen atoms in total. The fourth-order valence-electron chi connectivity index (χ4n) is 7.30. The van der Waals surface area contributed by atoms with E-state index in [0.29, 0.717) is 11.5 Å². The highest BCUT2D eigenvalue weighted by Gasteiger charge is 2.33. The van der Waals surface area contributed by atoms with Crippen molar-refractivity contribution >= 4 is 0 Å². The summed E-state index contributed by atoms with van der Waals surface area (Å²) in [5, 5.41) is 0. The third-order valence-corrected chi connectivity index (χ3v) is 9.92. The van der Waals surface area contributed by atoms with E-state index in [-0.39, 0.29) is 12.1 Å². The van der Waals surface area contributed by atoms with Crippen LogP contribution >= 0.6 is 0 Å². The molecule has 0 saturated heterocycles. The summed E-state index contributed by atoms with van der Waals surface area (Å²) >= 11 is 0. The first-order valence-electron chi connectivity index (χ1n) is 15.8. The second kappa shape index (κ2) is 12.0. The predicted molar refractivity (Wildman–Crippen MR) is 176 cm³/mol. The fourth-order valence-corrected chi connectivity index (χ4v) is 7.30. The standard InChI is InChI=1S/C38H42N2O5/c1-23-33(42-5)21-27-14-16-40(3)31-18-25-9-12-32(41-4)35(19-25)44-28-10-7-24(8-11-28)17-30-29-22-36(45-38(23)37(27)31)34(43-6)20-26(29)13-15-39(30)2/h7-12,19-22,30-31H,13-18H2,1-6H3/t30?,31-/m0/s1. The smallest absolute Gasteiger partial charge is 0.169 e. The normalized spacial score (nSPS) is 19.4. The van der Waals surface area contributed by atoms with Crippen LogP contribution in [0.1, 0.15) is 51.0 Å². The first-order chi connectivity index (χ1) is 21.9. The molecule has 0 aliphatic carbocycles. The minimum Gasteiger partial charge on any atom is -0.496 e. The Morgan fingerprint density at radius 1 is 0.644 bits per heavy atom. The first-order valence-corrected chi connectivity index (χ1v) is 15.8. The lowest BCUT2D eigenvalue weighted by molar-refractivity contribution is 0.222. The van der Waals surface area contributed by atoms with Crippen LogP contribution in [0.5, 0.6) is 40.2 Å². The van der Waals surface area contributed by atoms with E-state index in [4.69, 9.17) is 23.7 Å². The van der Waals surface area contributed by atoms with E-state index in [1.807, 2.05) is 6.07 Å². The highest BCUT2D eigenvalue weighted by atomic mass is 16.5. The fraction of sp³-hybridized carbons (Fsp3) is 0.368. The van der Waals surface area contributed by atoms with Crippen LogP contribution in [0.15, 0.2) is 60.7 Å². The Morgan fingerprint density at radius 3 is 2.00 bits per heavy atom. The van der Waals surface area contributed by atoms with Crippen LogP contribution in [0.4, 0.5) is 0 Å². The summed E-state index contributed by atoms with van der Waals surface area (Å²) in [5.74, 6) is 5.39. The van der Waals surface area contributed by atoms with Crippen LogP contribution in [0.2, 0.25) is 0 Å². The van der Waals surface area contributed by atoms with Crippen LogP contribution in [0.3, 0.4) is 0 Å². The maximum Gasteiger partial charge on any atom is 0.169 e. The Labute approximate surface area is 266 Å². The van der Waals surface area contributed by atoms with Gasteiger partial charge in [0.2, 0.25) is 0 Å². The van der Waals surface area contributed by atoms with Crippen molar-refractivity contribution in [3.8, 4) is 40.2 Å². The number of likely N-dealkylation sites (N-methyl/N-ethyl adjacent to an activating group) is 2. The maximum absolute atomic E-state index is 7.06. The predicted octanol–water partition coefficient (Wildman–Crippen LogP) is 7.46. The minimum atomic E-state index is 0.0790. The summed E-state index contributed by atoms with van der Waals surface area (Å²) in [6.07, 6.45) is 3.52. The molecule has 7 heteroatoms. The molecule has 0 radical (unpaired) electrons. The lowest BCUT2D eigenvalue weighted by atomic mass is 9.86. The molecule has 45 heavy (non-hydrogen) atoms. The van der Waals surface area contributed by atoms with Gasteiger partial charge in [-0.2, -0.15) is 0 Å². The van der Waals surface area contributed by atoms with Crippen molar-refractivity contribution in [1.29, 1.82) is 0 Å². The maximum atomic E-state index is 7.06. The van der Waals surface area contributed by atoms with Crippen molar-refractivity contribution in [2.75, 3.05) is 48.5 Å². The molecule has 0 saturated carbocycles. The highest BCUT2D eigenvalue weighted by molar-refractivity contribution is 5.60. The summed E-state index contributed by atoms with van der Waals surface area (Å²) in [7, 11) is 9.57. The average Bonchev–Trinajstić information content (AvgIpc) is 3.05. The molecule has 4 aromatic carbocycles. The van der Waals surface area contributed by atoms with Gasteiger partial charge in [0.25, 0.3) is 0 Å². The van der Waals surface area contributed by atoms with E-state index >= 15 is 0 Å². The van der Waals surface area contributed by atoms with Crippen molar-refractivity contribution in [3.63, 3.8) is 0 Å². The zero-order chi connectivity index (χ0) is 31.2. The van der Waals surface area contributed by atoms with Gasteiger partial charge in [0.15, 0.2) is 23.0 Å². The van der Waals surface area contributed by atoms with Crippen molar-refractivity contribution in [2.45, 2.75) is 44.7 Å². The molecule has 0 aromatic heterocycles. The summed E-state index contributed by atoms with van der Waals surface area (Å²) in [5.41, 5.74) is 8.43. The van der Waals surface area contributed by atoms with Crippen LogP contribution in [0.25, 0.3) is 0 Å². The first kappa shape index (κ1) is 29.5. The second-order valence-electron chi connectivity index (χ2n) is 12.5. The van der Waals surface area contributed by atoms with Gasteiger partial charge in [0.05, 0.1) is 21.3 Å². The Kier molecular flexibility index (Phi) is 7.84. The number of hydrogen-bond donors (Lipinski definition) is 0. The van der Waals surface area contributed by atoms with Gasteiger partial charge in [-0.15, -0.1) is 0 Å². The molecular formula is C38H42N2O5. The van der Waals surface area contributed by atoms with E-state index in [0.717, 1.165) is 78.6 Å². The molecule has 1 unspecified atom stereocenters. The van der Waals surface area contributed by atoms with Crippen LogP contribution in [0, 0.1) is 6.92 Å². The van der Waals surface area contributed by atoms with Gasteiger partial charge in [-0.1, -0.05) is 18.2 Å². The monoisotopic (exact) mass is 606 g/mol. The molecule has 6 bridgehead atoms. The molecule has 0 amide bonds. The average molecular weight is 607 g/mol. The molecule has 8 rings (SSSR count). The van der Waals surface area contributed by atoms with E-state index in [9.17, 15) is 0 Å². The van der Waals surface area contributed by atoms with E-state index in [2.05, 4.69) is 85.4 Å². The zero-order valence-corrected chi connectivity index (χ0v) is 27.1. The van der Waals surface area contributed by atoms with Gasteiger partial charge in [0.1, 0.15) is 17.2 Å².